The van der Waals surface area contributed by atoms with E-state index in [-0.39, 0.29) is 25.2 Å². The van der Waals surface area contributed by atoms with Gasteiger partial charge < -0.3 is 5.11 Å². The minimum absolute atomic E-state index is 0.0421. The summed E-state index contributed by atoms with van der Waals surface area (Å²) in [6.45, 7) is 1.67. The van der Waals surface area contributed by atoms with Crippen LogP contribution in [0.15, 0.2) is 0 Å². The van der Waals surface area contributed by atoms with Gasteiger partial charge in [0.25, 0.3) is 0 Å². The van der Waals surface area contributed by atoms with Crippen molar-refractivity contribution in [3.05, 3.63) is 0 Å². The number of rotatable bonds is 4. The summed E-state index contributed by atoms with van der Waals surface area (Å²) in [4.78, 5) is 20.0. The molecule has 0 amide bonds. The van der Waals surface area contributed by atoms with Gasteiger partial charge in [0.05, 0.1) is 0 Å². The molecule has 0 spiro atoms. The number of carbonyl (C=O) groups excluding carboxylic acids is 2. The molecule has 0 saturated heterocycles. The van der Waals surface area contributed by atoms with Crippen LogP contribution in [0.2, 0.25) is 0 Å². The van der Waals surface area contributed by atoms with Crippen molar-refractivity contribution < 1.29 is 14.7 Å². The molecule has 0 heterocycles. The molecule has 0 aromatic heterocycles. The molecule has 0 aliphatic heterocycles. The van der Waals surface area contributed by atoms with Gasteiger partial charge >= 0.3 is 0 Å². The van der Waals surface area contributed by atoms with Gasteiger partial charge in [-0.2, -0.15) is 0 Å². The quantitative estimate of drug-likeness (QED) is 0.422. The van der Waals surface area contributed by atoms with E-state index in [4.69, 9.17) is 5.11 Å². The van der Waals surface area contributed by atoms with Gasteiger partial charge in [0.15, 0.2) is 12.1 Å². The van der Waals surface area contributed by atoms with Crippen LogP contribution in [0, 0.1) is 5.92 Å². The van der Waals surface area contributed by atoms with Crippen molar-refractivity contribution in [3.63, 3.8) is 0 Å². The number of hydrogen-bond donors (Lipinski definition) is 1. The second-order valence-corrected chi connectivity index (χ2v) is 2.08. The molecule has 0 aliphatic rings. The van der Waals surface area contributed by atoms with Crippen LogP contribution < -0.4 is 0 Å². The van der Waals surface area contributed by atoms with Crippen LogP contribution in [-0.2, 0) is 9.59 Å². The van der Waals surface area contributed by atoms with E-state index in [0.29, 0.717) is 0 Å². The lowest BCUT2D eigenvalue weighted by Crippen LogP contribution is -2.09. The molecule has 1 N–H and O–H groups in total. The maximum Gasteiger partial charge on any atom is 0.195 e. The lowest BCUT2D eigenvalue weighted by molar-refractivity contribution is -0.130. The van der Waals surface area contributed by atoms with Crippen LogP contribution in [0.25, 0.3) is 0 Å². The SMILES string of the molecule is CC(CO)CC(=O)C=O. The Morgan fingerprint density at radius 1 is 1.78 bits per heavy atom. The van der Waals surface area contributed by atoms with Gasteiger partial charge in [-0.25, -0.2) is 0 Å². The van der Waals surface area contributed by atoms with E-state index >= 15 is 0 Å². The molecule has 0 fully saturated rings. The fraction of sp³-hybridized carbons (Fsp3) is 0.667. The second kappa shape index (κ2) is 4.21. The summed E-state index contributed by atoms with van der Waals surface area (Å²) in [5, 5.41) is 8.41. The summed E-state index contributed by atoms with van der Waals surface area (Å²) >= 11 is 0. The van der Waals surface area contributed by atoms with Crippen LogP contribution in [0.5, 0.6) is 0 Å². The van der Waals surface area contributed by atoms with Gasteiger partial charge in [-0.05, 0) is 5.92 Å². The van der Waals surface area contributed by atoms with Crippen molar-refractivity contribution in [2.75, 3.05) is 6.61 Å². The molecule has 52 valence electrons. The molecular weight excluding hydrogens is 120 g/mol. The van der Waals surface area contributed by atoms with Gasteiger partial charge in [-0.15, -0.1) is 0 Å². The maximum absolute atomic E-state index is 10.3. The van der Waals surface area contributed by atoms with Crippen molar-refractivity contribution in [3.8, 4) is 0 Å². The molecule has 3 nitrogen and oxygen atoms in total. The molecular formula is C6H10O3. The average Bonchev–Trinajstić information content (AvgIpc) is 1.87. The normalized spacial score (nSPS) is 12.7. The highest BCUT2D eigenvalue weighted by Crippen LogP contribution is 1.98. The van der Waals surface area contributed by atoms with E-state index in [0.717, 1.165) is 0 Å². The maximum atomic E-state index is 10.3. The summed E-state index contributed by atoms with van der Waals surface area (Å²) in [6.07, 6.45) is 0.437. The van der Waals surface area contributed by atoms with Crippen molar-refractivity contribution >= 4 is 12.1 Å². The van der Waals surface area contributed by atoms with Crippen molar-refractivity contribution in [1.82, 2.24) is 0 Å². The standard InChI is InChI=1S/C6H10O3/c1-5(3-7)2-6(9)4-8/h4-5,7H,2-3H2,1H3. The molecule has 9 heavy (non-hydrogen) atoms. The summed E-state index contributed by atoms with van der Waals surface area (Å²) in [7, 11) is 0. The van der Waals surface area contributed by atoms with Gasteiger partial charge in [0, 0.05) is 13.0 Å². The zero-order valence-electron chi connectivity index (χ0n) is 5.33. The Morgan fingerprint density at radius 3 is 2.67 bits per heavy atom. The van der Waals surface area contributed by atoms with E-state index < -0.39 is 5.78 Å². The highest BCUT2D eigenvalue weighted by molar-refractivity contribution is 6.24. The average molecular weight is 130 g/mol. The van der Waals surface area contributed by atoms with Crippen LogP contribution in [0.4, 0.5) is 0 Å². The Labute approximate surface area is 53.7 Å². The van der Waals surface area contributed by atoms with Crippen LogP contribution in [-0.4, -0.2) is 23.8 Å². The van der Waals surface area contributed by atoms with Crippen LogP contribution in [0.3, 0.4) is 0 Å². The smallest absolute Gasteiger partial charge is 0.195 e. The summed E-state index contributed by atoms with van der Waals surface area (Å²) < 4.78 is 0. The molecule has 0 radical (unpaired) electrons. The molecule has 0 aromatic carbocycles. The third kappa shape index (κ3) is 3.85. The van der Waals surface area contributed by atoms with E-state index in [1.807, 2.05) is 0 Å². The first-order valence-corrected chi connectivity index (χ1v) is 2.79. The summed E-state index contributed by atoms with van der Waals surface area (Å²) in [5.41, 5.74) is 0. The Balaban J connectivity index is 3.46. The highest BCUT2D eigenvalue weighted by atomic mass is 16.3. The fourth-order valence-corrected chi connectivity index (χ4v) is 0.456. The van der Waals surface area contributed by atoms with Gasteiger partial charge in [0.2, 0.25) is 0 Å². The fourth-order valence-electron chi connectivity index (χ4n) is 0.456. The number of carbonyl (C=O) groups is 2. The third-order valence-corrected chi connectivity index (χ3v) is 0.993. The first-order chi connectivity index (χ1) is 4.20. The number of Topliss-reactive ketones (excluding diaryl/α,β-unsaturated/α-hetero) is 1. The van der Waals surface area contributed by atoms with Crippen LogP contribution >= 0.6 is 0 Å². The van der Waals surface area contributed by atoms with Crippen molar-refractivity contribution in [2.45, 2.75) is 13.3 Å². The Bertz CT molecular complexity index is 109. The Kier molecular flexibility index (Phi) is 3.88. The van der Waals surface area contributed by atoms with Gasteiger partial charge in [-0.1, -0.05) is 6.92 Å². The van der Waals surface area contributed by atoms with E-state index in [1.54, 1.807) is 6.92 Å². The molecule has 0 aromatic rings. The first kappa shape index (κ1) is 8.30. The predicted octanol–water partition coefficient (Wildman–Crippen LogP) is -0.227. The van der Waals surface area contributed by atoms with Crippen LogP contribution in [0.1, 0.15) is 13.3 Å². The first-order valence-electron chi connectivity index (χ1n) is 2.79. The number of aliphatic hydroxyl groups is 1. The zero-order valence-corrected chi connectivity index (χ0v) is 5.33. The van der Waals surface area contributed by atoms with E-state index in [9.17, 15) is 9.59 Å². The molecule has 0 rings (SSSR count). The summed E-state index contributed by atoms with van der Waals surface area (Å²) in [5.74, 6) is -0.542. The summed E-state index contributed by atoms with van der Waals surface area (Å²) in [6, 6.07) is 0. The molecule has 0 aliphatic carbocycles. The highest BCUT2D eigenvalue weighted by Gasteiger charge is 2.05. The van der Waals surface area contributed by atoms with Gasteiger partial charge in [0.1, 0.15) is 0 Å². The second-order valence-electron chi connectivity index (χ2n) is 2.08. The lowest BCUT2D eigenvalue weighted by atomic mass is 10.1. The molecule has 0 saturated carbocycles. The minimum Gasteiger partial charge on any atom is -0.396 e. The Hall–Kier alpha value is -0.700. The van der Waals surface area contributed by atoms with Crippen molar-refractivity contribution in [2.24, 2.45) is 5.92 Å². The largest absolute Gasteiger partial charge is 0.396 e. The molecule has 0 bridgehead atoms. The van der Waals surface area contributed by atoms with Crippen molar-refractivity contribution in [1.29, 1.82) is 0 Å². The van der Waals surface area contributed by atoms with Gasteiger partial charge in [-0.3, -0.25) is 9.59 Å². The lowest BCUT2D eigenvalue weighted by Gasteiger charge is -2.00. The molecule has 1 unspecified atom stereocenters. The van der Waals surface area contributed by atoms with E-state index in [2.05, 4.69) is 0 Å². The van der Waals surface area contributed by atoms with E-state index in [1.165, 1.54) is 0 Å². The molecule has 3 heteroatoms. The number of aldehydes is 1. The zero-order chi connectivity index (χ0) is 7.28. The number of hydrogen-bond acceptors (Lipinski definition) is 3. The number of ketones is 1. The molecule has 1 atom stereocenters. The third-order valence-electron chi connectivity index (χ3n) is 0.993. The predicted molar refractivity (Wildman–Crippen MR) is 31.9 cm³/mol. The number of aliphatic hydroxyl groups excluding tert-OH is 1. The minimum atomic E-state index is -0.448. The Morgan fingerprint density at radius 2 is 2.33 bits per heavy atom. The topological polar surface area (TPSA) is 54.4 Å². The monoisotopic (exact) mass is 130 g/mol.